The molecule has 1 spiro atoms. The molecule has 2 nitrogen and oxygen atoms in total. The Bertz CT molecular complexity index is 450. The summed E-state index contributed by atoms with van der Waals surface area (Å²) < 4.78 is 0. The molecular weight excluding hydrogens is 186 g/mol. The number of nitrogens with zero attached hydrogens (tertiary/aromatic N) is 1. The standard InChI is InChI=1S/C13H15NO/c1-9-3-4-12-11(7-9)5-6-13(12)8-10(2)14-15-13/h3-4,7H,5-6,8H2,1-2H3/t13-/m1/s1. The van der Waals surface area contributed by atoms with E-state index >= 15 is 0 Å². The van der Waals surface area contributed by atoms with Crippen molar-refractivity contribution in [3.63, 3.8) is 0 Å². The first-order valence-corrected chi connectivity index (χ1v) is 5.51. The van der Waals surface area contributed by atoms with Gasteiger partial charge in [0, 0.05) is 12.0 Å². The average molecular weight is 201 g/mol. The summed E-state index contributed by atoms with van der Waals surface area (Å²) in [6.45, 7) is 4.18. The third-order valence-electron chi connectivity index (χ3n) is 3.47. The molecule has 2 aliphatic rings. The SMILES string of the molecule is CC1=NO[C@]2(CCc3cc(C)ccc32)C1. The zero-order valence-corrected chi connectivity index (χ0v) is 9.21. The number of rotatable bonds is 0. The van der Waals surface area contributed by atoms with Gasteiger partial charge in [0.1, 0.15) is 0 Å². The number of hydrogen-bond acceptors (Lipinski definition) is 2. The predicted octanol–water partition coefficient (Wildman–Crippen LogP) is 2.93. The van der Waals surface area contributed by atoms with Crippen molar-refractivity contribution in [2.75, 3.05) is 0 Å². The molecule has 0 amide bonds. The fourth-order valence-electron chi connectivity index (χ4n) is 2.77. The molecular formula is C13H15NO. The predicted molar refractivity (Wildman–Crippen MR) is 60.0 cm³/mol. The monoisotopic (exact) mass is 201 g/mol. The lowest BCUT2D eigenvalue weighted by molar-refractivity contribution is -0.0215. The highest BCUT2D eigenvalue weighted by Gasteiger charge is 2.44. The Labute approximate surface area is 89.9 Å². The van der Waals surface area contributed by atoms with Crippen LogP contribution in [0.1, 0.15) is 36.5 Å². The fourth-order valence-corrected chi connectivity index (χ4v) is 2.77. The molecule has 1 heterocycles. The van der Waals surface area contributed by atoms with Crippen LogP contribution in [0.2, 0.25) is 0 Å². The van der Waals surface area contributed by atoms with Gasteiger partial charge >= 0.3 is 0 Å². The minimum Gasteiger partial charge on any atom is -0.384 e. The van der Waals surface area contributed by atoms with Crippen LogP contribution in [0.5, 0.6) is 0 Å². The number of hydrogen-bond donors (Lipinski definition) is 0. The smallest absolute Gasteiger partial charge is 0.168 e. The lowest BCUT2D eigenvalue weighted by Crippen LogP contribution is -2.22. The molecule has 0 radical (unpaired) electrons. The maximum Gasteiger partial charge on any atom is 0.168 e. The molecule has 1 aromatic carbocycles. The minimum atomic E-state index is -0.118. The van der Waals surface area contributed by atoms with Gasteiger partial charge in [0.25, 0.3) is 0 Å². The Morgan fingerprint density at radius 2 is 2.20 bits per heavy atom. The zero-order valence-electron chi connectivity index (χ0n) is 9.21. The van der Waals surface area contributed by atoms with Gasteiger partial charge < -0.3 is 4.84 Å². The molecule has 0 aromatic heterocycles. The number of fused-ring (bicyclic) bond motifs is 2. The van der Waals surface area contributed by atoms with Crippen LogP contribution in [-0.2, 0) is 16.9 Å². The number of benzene rings is 1. The molecule has 0 saturated heterocycles. The van der Waals surface area contributed by atoms with Gasteiger partial charge in [-0.2, -0.15) is 0 Å². The summed E-state index contributed by atoms with van der Waals surface area (Å²) in [6.07, 6.45) is 3.16. The number of aryl methyl sites for hydroxylation is 2. The van der Waals surface area contributed by atoms with E-state index in [4.69, 9.17) is 4.84 Å². The average Bonchev–Trinajstić information content (AvgIpc) is 2.73. The first kappa shape index (κ1) is 8.96. The van der Waals surface area contributed by atoms with Crippen molar-refractivity contribution in [2.45, 2.75) is 38.7 Å². The molecule has 0 unspecified atom stereocenters. The summed E-state index contributed by atoms with van der Waals surface area (Å²) in [5.41, 5.74) is 5.13. The highest BCUT2D eigenvalue weighted by Crippen LogP contribution is 2.45. The van der Waals surface area contributed by atoms with Gasteiger partial charge in [0.15, 0.2) is 5.60 Å². The second kappa shape index (κ2) is 2.84. The van der Waals surface area contributed by atoms with Crippen molar-refractivity contribution in [1.82, 2.24) is 0 Å². The molecule has 0 fully saturated rings. The van der Waals surface area contributed by atoms with Crippen LogP contribution in [-0.4, -0.2) is 5.71 Å². The van der Waals surface area contributed by atoms with Crippen LogP contribution < -0.4 is 0 Å². The first-order valence-electron chi connectivity index (χ1n) is 5.51. The van der Waals surface area contributed by atoms with Crippen LogP contribution in [0.3, 0.4) is 0 Å². The lowest BCUT2D eigenvalue weighted by Gasteiger charge is -2.21. The van der Waals surface area contributed by atoms with E-state index in [1.807, 2.05) is 6.92 Å². The molecule has 1 atom stereocenters. The van der Waals surface area contributed by atoms with Gasteiger partial charge in [-0.25, -0.2) is 0 Å². The van der Waals surface area contributed by atoms with E-state index in [2.05, 4.69) is 30.3 Å². The van der Waals surface area contributed by atoms with Crippen molar-refractivity contribution in [3.05, 3.63) is 34.9 Å². The van der Waals surface area contributed by atoms with Gasteiger partial charge in [-0.1, -0.05) is 28.9 Å². The summed E-state index contributed by atoms with van der Waals surface area (Å²) in [5, 5.41) is 4.11. The van der Waals surface area contributed by atoms with E-state index in [1.54, 1.807) is 0 Å². The van der Waals surface area contributed by atoms with E-state index in [0.717, 1.165) is 25.0 Å². The topological polar surface area (TPSA) is 21.6 Å². The molecule has 2 heteroatoms. The Morgan fingerprint density at radius 1 is 1.33 bits per heavy atom. The second-order valence-electron chi connectivity index (χ2n) is 4.75. The summed E-state index contributed by atoms with van der Waals surface area (Å²) in [6, 6.07) is 6.66. The molecule has 0 saturated carbocycles. The van der Waals surface area contributed by atoms with Crippen molar-refractivity contribution >= 4 is 5.71 Å². The summed E-state index contributed by atoms with van der Waals surface area (Å²) in [7, 11) is 0. The van der Waals surface area contributed by atoms with Gasteiger partial charge in [-0.3, -0.25) is 0 Å². The summed E-state index contributed by atoms with van der Waals surface area (Å²) in [5.74, 6) is 0. The largest absolute Gasteiger partial charge is 0.384 e. The van der Waals surface area contributed by atoms with Crippen LogP contribution >= 0.6 is 0 Å². The van der Waals surface area contributed by atoms with Crippen molar-refractivity contribution < 1.29 is 4.84 Å². The highest BCUT2D eigenvalue weighted by atomic mass is 16.7. The maximum absolute atomic E-state index is 5.67. The third kappa shape index (κ3) is 1.21. The van der Waals surface area contributed by atoms with Crippen molar-refractivity contribution in [1.29, 1.82) is 0 Å². The Balaban J connectivity index is 2.06. The van der Waals surface area contributed by atoms with E-state index < -0.39 is 0 Å². The van der Waals surface area contributed by atoms with Gasteiger partial charge in [0.2, 0.25) is 0 Å². The Hall–Kier alpha value is -1.31. The molecule has 1 aliphatic heterocycles. The second-order valence-corrected chi connectivity index (χ2v) is 4.75. The van der Waals surface area contributed by atoms with Gasteiger partial charge in [-0.15, -0.1) is 0 Å². The van der Waals surface area contributed by atoms with Crippen LogP contribution in [0.4, 0.5) is 0 Å². The quantitative estimate of drug-likeness (QED) is 0.632. The van der Waals surface area contributed by atoms with Crippen molar-refractivity contribution in [3.8, 4) is 0 Å². The fraction of sp³-hybridized carbons (Fsp3) is 0.462. The maximum atomic E-state index is 5.67. The van der Waals surface area contributed by atoms with Gasteiger partial charge in [-0.05, 0) is 32.3 Å². The first-order chi connectivity index (χ1) is 7.20. The van der Waals surface area contributed by atoms with Gasteiger partial charge in [0.05, 0.1) is 5.71 Å². The minimum absolute atomic E-state index is 0.118. The molecule has 3 rings (SSSR count). The summed E-state index contributed by atoms with van der Waals surface area (Å²) >= 11 is 0. The van der Waals surface area contributed by atoms with Crippen molar-refractivity contribution in [2.24, 2.45) is 5.16 Å². The van der Waals surface area contributed by atoms with E-state index in [0.29, 0.717) is 0 Å². The molecule has 15 heavy (non-hydrogen) atoms. The highest BCUT2D eigenvalue weighted by molar-refractivity contribution is 5.84. The lowest BCUT2D eigenvalue weighted by atomic mass is 9.91. The van der Waals surface area contributed by atoms with E-state index in [-0.39, 0.29) is 5.60 Å². The molecule has 0 bridgehead atoms. The van der Waals surface area contributed by atoms with Crippen LogP contribution in [0, 0.1) is 6.92 Å². The van der Waals surface area contributed by atoms with Crippen LogP contribution in [0.25, 0.3) is 0 Å². The number of oxime groups is 1. The Morgan fingerprint density at radius 3 is 2.93 bits per heavy atom. The van der Waals surface area contributed by atoms with E-state index in [9.17, 15) is 0 Å². The molecule has 0 N–H and O–H groups in total. The molecule has 78 valence electrons. The van der Waals surface area contributed by atoms with E-state index in [1.165, 1.54) is 16.7 Å². The molecule has 1 aromatic rings. The third-order valence-corrected chi connectivity index (χ3v) is 3.47. The normalized spacial score (nSPS) is 27.7. The zero-order chi connectivity index (χ0) is 10.5. The molecule has 1 aliphatic carbocycles. The Kier molecular flexibility index (Phi) is 1.70. The van der Waals surface area contributed by atoms with Crippen LogP contribution in [0.15, 0.2) is 23.4 Å². The summed E-state index contributed by atoms with van der Waals surface area (Å²) in [4.78, 5) is 5.67.